The fraction of sp³-hybridized carbons (Fsp3) is 0.167. The third-order valence-corrected chi connectivity index (χ3v) is 3.73. The number of anilines is 1. The van der Waals surface area contributed by atoms with Crippen molar-refractivity contribution in [2.45, 2.75) is 6.92 Å². The normalized spacial score (nSPS) is 10.4. The van der Waals surface area contributed by atoms with Gasteiger partial charge in [0.15, 0.2) is 0 Å². The molecular formula is C18H18N4O3. The van der Waals surface area contributed by atoms with E-state index in [2.05, 4.69) is 15.3 Å². The minimum Gasteiger partial charge on any atom is -0.497 e. The van der Waals surface area contributed by atoms with E-state index in [0.717, 1.165) is 11.6 Å². The van der Waals surface area contributed by atoms with Crippen molar-refractivity contribution >= 4 is 11.6 Å². The Bertz CT molecular complexity index is 888. The highest BCUT2D eigenvalue weighted by atomic mass is 16.5. The molecule has 7 nitrogen and oxygen atoms in total. The van der Waals surface area contributed by atoms with Crippen molar-refractivity contribution in [3.05, 3.63) is 60.3 Å². The summed E-state index contributed by atoms with van der Waals surface area (Å²) in [5.41, 5.74) is 1.00. The summed E-state index contributed by atoms with van der Waals surface area (Å²) in [5, 5.41) is 2.81. The number of aromatic nitrogens is 3. The summed E-state index contributed by atoms with van der Waals surface area (Å²) in [6, 6.07) is 8.63. The van der Waals surface area contributed by atoms with E-state index in [0.29, 0.717) is 22.7 Å². The Morgan fingerprint density at radius 2 is 1.96 bits per heavy atom. The number of pyridine rings is 1. The maximum atomic E-state index is 12.5. The second-order valence-corrected chi connectivity index (χ2v) is 5.27. The zero-order valence-corrected chi connectivity index (χ0v) is 14.2. The van der Waals surface area contributed by atoms with E-state index in [9.17, 15) is 4.79 Å². The second-order valence-electron chi connectivity index (χ2n) is 5.27. The molecule has 1 aromatic carbocycles. The molecule has 3 rings (SSSR count). The molecule has 1 N–H and O–H groups in total. The molecule has 0 saturated heterocycles. The van der Waals surface area contributed by atoms with Gasteiger partial charge in [0.25, 0.3) is 5.91 Å². The molecule has 1 amide bonds. The van der Waals surface area contributed by atoms with Crippen LogP contribution >= 0.6 is 0 Å². The highest BCUT2D eigenvalue weighted by Crippen LogP contribution is 2.25. The summed E-state index contributed by atoms with van der Waals surface area (Å²) >= 11 is 0. The van der Waals surface area contributed by atoms with Gasteiger partial charge in [0.1, 0.15) is 23.1 Å². The van der Waals surface area contributed by atoms with Crippen molar-refractivity contribution in [3.8, 4) is 17.3 Å². The zero-order valence-electron chi connectivity index (χ0n) is 14.2. The number of carbonyl (C=O) groups is 1. The van der Waals surface area contributed by atoms with Gasteiger partial charge in [-0.25, -0.2) is 9.97 Å². The molecule has 0 bridgehead atoms. The minimum absolute atomic E-state index is 0.284. The Morgan fingerprint density at radius 3 is 2.56 bits per heavy atom. The summed E-state index contributed by atoms with van der Waals surface area (Å²) in [6.07, 6.45) is 5.14. The van der Waals surface area contributed by atoms with Gasteiger partial charge < -0.3 is 14.8 Å². The van der Waals surface area contributed by atoms with Crippen molar-refractivity contribution in [2.75, 3.05) is 19.5 Å². The number of hydrogen-bond acceptors (Lipinski definition) is 5. The summed E-state index contributed by atoms with van der Waals surface area (Å²) in [4.78, 5) is 21.0. The van der Waals surface area contributed by atoms with E-state index < -0.39 is 0 Å². The first-order valence-corrected chi connectivity index (χ1v) is 7.62. The third kappa shape index (κ3) is 3.45. The van der Waals surface area contributed by atoms with Crippen LogP contribution < -0.4 is 14.8 Å². The SMILES string of the molecule is COc1ccc(C(=O)Nc2ccc(-n3ccnc3C)nc2)c(OC)c1. The number of ether oxygens (including phenoxy) is 2. The van der Waals surface area contributed by atoms with Gasteiger partial charge in [0.2, 0.25) is 0 Å². The molecule has 25 heavy (non-hydrogen) atoms. The molecule has 0 unspecified atom stereocenters. The molecule has 0 spiro atoms. The summed E-state index contributed by atoms with van der Waals surface area (Å²) in [6.45, 7) is 1.90. The van der Waals surface area contributed by atoms with Gasteiger partial charge in [-0.3, -0.25) is 9.36 Å². The molecule has 128 valence electrons. The number of carbonyl (C=O) groups excluding carboxylic acids is 1. The van der Waals surface area contributed by atoms with Gasteiger partial charge in [0, 0.05) is 18.5 Å². The molecule has 0 saturated carbocycles. The largest absolute Gasteiger partial charge is 0.497 e. The van der Waals surface area contributed by atoms with Crippen LogP contribution in [0.25, 0.3) is 5.82 Å². The Balaban J connectivity index is 1.78. The standard InChI is InChI=1S/C18H18N4O3/c1-12-19-8-9-22(12)17-7-4-13(11-20-17)21-18(23)15-6-5-14(24-2)10-16(15)25-3/h4-11H,1-3H3,(H,21,23). The topological polar surface area (TPSA) is 78.3 Å². The van der Waals surface area contributed by atoms with E-state index in [1.807, 2.05) is 23.8 Å². The second kappa shape index (κ2) is 7.04. The molecule has 3 aromatic rings. The predicted octanol–water partition coefficient (Wildman–Crippen LogP) is 2.85. The number of benzene rings is 1. The Hall–Kier alpha value is -3.35. The van der Waals surface area contributed by atoms with E-state index in [1.165, 1.54) is 7.11 Å². The van der Waals surface area contributed by atoms with Crippen LogP contribution in [0.5, 0.6) is 11.5 Å². The van der Waals surface area contributed by atoms with Gasteiger partial charge in [-0.1, -0.05) is 0 Å². The molecule has 7 heteroatoms. The van der Waals surface area contributed by atoms with Crippen LogP contribution in [0.2, 0.25) is 0 Å². The number of rotatable bonds is 5. The van der Waals surface area contributed by atoms with Gasteiger partial charge in [-0.15, -0.1) is 0 Å². The minimum atomic E-state index is -0.284. The average molecular weight is 338 g/mol. The number of hydrogen-bond donors (Lipinski definition) is 1. The van der Waals surface area contributed by atoms with Crippen LogP contribution in [0.3, 0.4) is 0 Å². The maximum absolute atomic E-state index is 12.5. The fourth-order valence-electron chi connectivity index (χ4n) is 2.41. The summed E-state index contributed by atoms with van der Waals surface area (Å²) < 4.78 is 12.3. The number of nitrogens with zero attached hydrogens (tertiary/aromatic N) is 3. The number of imidazole rings is 1. The molecule has 0 radical (unpaired) electrons. The van der Waals surface area contributed by atoms with Gasteiger partial charge in [-0.05, 0) is 31.2 Å². The highest BCUT2D eigenvalue weighted by Gasteiger charge is 2.14. The molecule has 0 atom stereocenters. The van der Waals surface area contributed by atoms with Crippen LogP contribution in [0, 0.1) is 6.92 Å². The van der Waals surface area contributed by atoms with Gasteiger partial charge >= 0.3 is 0 Å². The monoisotopic (exact) mass is 338 g/mol. The van der Waals surface area contributed by atoms with Crippen LogP contribution in [0.1, 0.15) is 16.2 Å². The lowest BCUT2D eigenvalue weighted by Crippen LogP contribution is -2.13. The maximum Gasteiger partial charge on any atom is 0.259 e. The van der Waals surface area contributed by atoms with E-state index in [-0.39, 0.29) is 5.91 Å². The molecule has 2 heterocycles. The van der Waals surface area contributed by atoms with Crippen LogP contribution in [0.4, 0.5) is 5.69 Å². The third-order valence-electron chi connectivity index (χ3n) is 3.73. The summed E-state index contributed by atoms with van der Waals surface area (Å²) in [5.74, 6) is 2.35. The first-order valence-electron chi connectivity index (χ1n) is 7.62. The molecule has 0 aliphatic rings. The van der Waals surface area contributed by atoms with Gasteiger partial charge in [-0.2, -0.15) is 0 Å². The Morgan fingerprint density at radius 1 is 1.12 bits per heavy atom. The van der Waals surface area contributed by atoms with Crippen LogP contribution in [-0.4, -0.2) is 34.7 Å². The smallest absolute Gasteiger partial charge is 0.259 e. The molecular weight excluding hydrogens is 320 g/mol. The number of methoxy groups -OCH3 is 2. The molecule has 0 fully saturated rings. The number of amides is 1. The quantitative estimate of drug-likeness (QED) is 0.774. The van der Waals surface area contributed by atoms with Crippen molar-refractivity contribution in [3.63, 3.8) is 0 Å². The van der Waals surface area contributed by atoms with Crippen LogP contribution in [-0.2, 0) is 0 Å². The first kappa shape index (κ1) is 16.5. The van der Waals surface area contributed by atoms with Crippen molar-refractivity contribution in [1.82, 2.24) is 14.5 Å². The van der Waals surface area contributed by atoms with Crippen molar-refractivity contribution < 1.29 is 14.3 Å². The lowest BCUT2D eigenvalue weighted by atomic mass is 10.1. The highest BCUT2D eigenvalue weighted by molar-refractivity contribution is 6.06. The van der Waals surface area contributed by atoms with E-state index in [1.54, 1.807) is 43.8 Å². The number of aryl methyl sites for hydroxylation is 1. The molecule has 2 aromatic heterocycles. The van der Waals surface area contributed by atoms with E-state index >= 15 is 0 Å². The van der Waals surface area contributed by atoms with E-state index in [4.69, 9.17) is 9.47 Å². The fourth-order valence-corrected chi connectivity index (χ4v) is 2.41. The summed E-state index contributed by atoms with van der Waals surface area (Å²) in [7, 11) is 3.07. The lowest BCUT2D eigenvalue weighted by molar-refractivity contribution is 0.102. The van der Waals surface area contributed by atoms with Crippen molar-refractivity contribution in [1.29, 1.82) is 0 Å². The predicted molar refractivity (Wildman–Crippen MR) is 93.6 cm³/mol. The Kier molecular flexibility index (Phi) is 4.65. The average Bonchev–Trinajstić information content (AvgIpc) is 3.07. The lowest BCUT2D eigenvalue weighted by Gasteiger charge is -2.11. The van der Waals surface area contributed by atoms with Crippen LogP contribution in [0.15, 0.2) is 48.9 Å². The van der Waals surface area contributed by atoms with Gasteiger partial charge in [0.05, 0.1) is 31.7 Å². The molecule has 0 aliphatic carbocycles. The Labute approximate surface area is 145 Å². The number of nitrogens with one attached hydrogen (secondary N) is 1. The zero-order chi connectivity index (χ0) is 17.8. The first-order chi connectivity index (χ1) is 12.1. The van der Waals surface area contributed by atoms with Crippen molar-refractivity contribution in [2.24, 2.45) is 0 Å². The molecule has 0 aliphatic heterocycles.